The molecule has 0 N–H and O–H groups in total. The lowest BCUT2D eigenvalue weighted by molar-refractivity contribution is 0.304. The monoisotopic (exact) mass is 334 g/mol. The van der Waals surface area contributed by atoms with Gasteiger partial charge in [0.2, 0.25) is 0 Å². The van der Waals surface area contributed by atoms with Crippen LogP contribution in [0.1, 0.15) is 30.9 Å². The van der Waals surface area contributed by atoms with E-state index < -0.39 is 0 Å². The number of methoxy groups -OCH3 is 1. The third-order valence-electron chi connectivity index (χ3n) is 3.17. The molecule has 0 saturated heterocycles. The maximum absolute atomic E-state index is 5.88. The molecule has 0 aliphatic rings. The van der Waals surface area contributed by atoms with Gasteiger partial charge < -0.3 is 9.47 Å². The number of rotatable bonds is 5. The molecule has 0 aliphatic carbocycles. The van der Waals surface area contributed by atoms with Crippen LogP contribution in [0.3, 0.4) is 0 Å². The maximum atomic E-state index is 5.88. The summed E-state index contributed by atoms with van der Waals surface area (Å²) < 4.78 is 12.1. The van der Waals surface area contributed by atoms with Crippen molar-refractivity contribution < 1.29 is 9.47 Å². The summed E-state index contributed by atoms with van der Waals surface area (Å²) in [5.41, 5.74) is 2.35. The van der Waals surface area contributed by atoms with Crippen LogP contribution in [0.5, 0.6) is 11.5 Å². The van der Waals surface area contributed by atoms with Crippen LogP contribution in [0.4, 0.5) is 0 Å². The standard InChI is InChI=1S/C17H19BrO2/c1-12(2)13-5-4-6-16(9-13)20-11-14-10-15(19-3)7-8-17(14)18/h4-10,12H,11H2,1-3H3. The summed E-state index contributed by atoms with van der Waals surface area (Å²) in [6, 6.07) is 14.1. The minimum absolute atomic E-state index is 0.502. The SMILES string of the molecule is COc1ccc(Br)c(COc2cccc(C(C)C)c2)c1. The molecular weight excluding hydrogens is 316 g/mol. The summed E-state index contributed by atoms with van der Waals surface area (Å²) in [6.07, 6.45) is 0. The minimum atomic E-state index is 0.502. The van der Waals surface area contributed by atoms with Gasteiger partial charge in [0.05, 0.1) is 7.11 Å². The van der Waals surface area contributed by atoms with Crippen molar-refractivity contribution in [1.29, 1.82) is 0 Å². The summed E-state index contributed by atoms with van der Waals surface area (Å²) in [5.74, 6) is 2.23. The maximum Gasteiger partial charge on any atom is 0.120 e. The van der Waals surface area contributed by atoms with Crippen molar-refractivity contribution in [3.05, 3.63) is 58.1 Å². The molecule has 0 unspecified atom stereocenters. The minimum Gasteiger partial charge on any atom is -0.497 e. The first-order valence-corrected chi connectivity index (χ1v) is 7.44. The molecule has 0 radical (unpaired) electrons. The van der Waals surface area contributed by atoms with E-state index in [0.29, 0.717) is 12.5 Å². The highest BCUT2D eigenvalue weighted by Gasteiger charge is 2.05. The molecule has 0 aromatic heterocycles. The molecule has 20 heavy (non-hydrogen) atoms. The van der Waals surface area contributed by atoms with Crippen molar-refractivity contribution in [2.75, 3.05) is 7.11 Å². The van der Waals surface area contributed by atoms with E-state index in [9.17, 15) is 0 Å². The zero-order valence-electron chi connectivity index (χ0n) is 12.0. The Morgan fingerprint density at radius 3 is 2.55 bits per heavy atom. The summed E-state index contributed by atoms with van der Waals surface area (Å²) >= 11 is 3.54. The van der Waals surface area contributed by atoms with E-state index >= 15 is 0 Å². The summed E-state index contributed by atoms with van der Waals surface area (Å²) in [5, 5.41) is 0. The molecule has 0 amide bonds. The van der Waals surface area contributed by atoms with Gasteiger partial charge in [0.1, 0.15) is 18.1 Å². The van der Waals surface area contributed by atoms with Crippen molar-refractivity contribution in [2.24, 2.45) is 0 Å². The molecule has 106 valence electrons. The Morgan fingerprint density at radius 1 is 1.05 bits per heavy atom. The van der Waals surface area contributed by atoms with Gasteiger partial charge in [-0.15, -0.1) is 0 Å². The van der Waals surface area contributed by atoms with Crippen LogP contribution in [0, 0.1) is 0 Å². The number of halogens is 1. The fourth-order valence-corrected chi connectivity index (χ4v) is 2.27. The highest BCUT2D eigenvalue weighted by Crippen LogP contribution is 2.25. The second-order valence-corrected chi connectivity index (χ2v) is 5.83. The first-order chi connectivity index (χ1) is 9.60. The van der Waals surface area contributed by atoms with Crippen LogP contribution < -0.4 is 9.47 Å². The molecule has 2 nitrogen and oxygen atoms in total. The number of hydrogen-bond donors (Lipinski definition) is 0. The Labute approximate surface area is 128 Å². The Kier molecular flexibility index (Phi) is 5.07. The number of benzene rings is 2. The molecule has 0 fully saturated rings. The van der Waals surface area contributed by atoms with Crippen molar-refractivity contribution >= 4 is 15.9 Å². The van der Waals surface area contributed by atoms with Crippen LogP contribution in [0.2, 0.25) is 0 Å². The molecule has 0 heterocycles. The van der Waals surface area contributed by atoms with Gasteiger partial charge >= 0.3 is 0 Å². The lowest BCUT2D eigenvalue weighted by Crippen LogP contribution is -1.98. The molecular formula is C17H19BrO2. The van der Waals surface area contributed by atoms with Gasteiger partial charge in [-0.05, 0) is 41.8 Å². The topological polar surface area (TPSA) is 18.5 Å². The molecule has 0 atom stereocenters. The molecule has 2 rings (SSSR count). The molecule has 2 aromatic rings. The molecule has 0 bridgehead atoms. The highest BCUT2D eigenvalue weighted by molar-refractivity contribution is 9.10. The first-order valence-electron chi connectivity index (χ1n) is 6.65. The van der Waals surface area contributed by atoms with E-state index in [4.69, 9.17) is 9.47 Å². The Bertz CT molecular complexity index is 579. The van der Waals surface area contributed by atoms with Crippen LogP contribution >= 0.6 is 15.9 Å². The summed E-state index contributed by atoms with van der Waals surface area (Å²) in [6.45, 7) is 4.87. The average molecular weight is 335 g/mol. The van der Waals surface area contributed by atoms with Gasteiger partial charge in [0.25, 0.3) is 0 Å². The zero-order valence-corrected chi connectivity index (χ0v) is 13.6. The molecule has 0 aliphatic heterocycles. The second-order valence-electron chi connectivity index (χ2n) is 4.97. The fraction of sp³-hybridized carbons (Fsp3) is 0.294. The van der Waals surface area contributed by atoms with Gasteiger partial charge in [0, 0.05) is 10.0 Å². The Hall–Kier alpha value is -1.48. The van der Waals surface area contributed by atoms with E-state index in [2.05, 4.69) is 41.9 Å². The van der Waals surface area contributed by atoms with E-state index in [1.54, 1.807) is 7.11 Å². The third-order valence-corrected chi connectivity index (χ3v) is 3.95. The van der Waals surface area contributed by atoms with Gasteiger partial charge in [-0.25, -0.2) is 0 Å². The average Bonchev–Trinajstić information content (AvgIpc) is 2.46. The summed E-state index contributed by atoms with van der Waals surface area (Å²) in [7, 11) is 1.67. The van der Waals surface area contributed by atoms with Crippen molar-refractivity contribution in [3.63, 3.8) is 0 Å². The van der Waals surface area contributed by atoms with Gasteiger partial charge in [0.15, 0.2) is 0 Å². The van der Waals surface area contributed by atoms with Crippen LogP contribution in [0.25, 0.3) is 0 Å². The quantitative estimate of drug-likeness (QED) is 0.751. The van der Waals surface area contributed by atoms with Gasteiger partial charge in [-0.1, -0.05) is 41.9 Å². The lowest BCUT2D eigenvalue weighted by atomic mass is 10.0. The molecule has 0 saturated carbocycles. The lowest BCUT2D eigenvalue weighted by Gasteiger charge is -2.11. The Morgan fingerprint density at radius 2 is 1.85 bits per heavy atom. The summed E-state index contributed by atoms with van der Waals surface area (Å²) in [4.78, 5) is 0. The normalized spacial score (nSPS) is 10.7. The van der Waals surface area contributed by atoms with E-state index in [1.165, 1.54) is 5.56 Å². The highest BCUT2D eigenvalue weighted by atomic mass is 79.9. The van der Waals surface area contributed by atoms with E-state index in [-0.39, 0.29) is 0 Å². The Balaban J connectivity index is 2.10. The van der Waals surface area contributed by atoms with Crippen molar-refractivity contribution in [3.8, 4) is 11.5 Å². The number of hydrogen-bond acceptors (Lipinski definition) is 2. The first kappa shape index (κ1) is 14.9. The second kappa shape index (κ2) is 6.80. The van der Waals surface area contributed by atoms with E-state index in [1.807, 2.05) is 30.3 Å². The number of ether oxygens (including phenoxy) is 2. The van der Waals surface area contributed by atoms with Crippen LogP contribution in [-0.2, 0) is 6.61 Å². The third kappa shape index (κ3) is 3.76. The predicted octanol–water partition coefficient (Wildman–Crippen LogP) is 5.16. The smallest absolute Gasteiger partial charge is 0.120 e. The van der Waals surface area contributed by atoms with Crippen LogP contribution in [-0.4, -0.2) is 7.11 Å². The van der Waals surface area contributed by atoms with Crippen molar-refractivity contribution in [1.82, 2.24) is 0 Å². The van der Waals surface area contributed by atoms with Gasteiger partial charge in [-0.3, -0.25) is 0 Å². The predicted molar refractivity (Wildman–Crippen MR) is 85.6 cm³/mol. The zero-order chi connectivity index (χ0) is 14.5. The molecule has 3 heteroatoms. The van der Waals surface area contributed by atoms with Gasteiger partial charge in [-0.2, -0.15) is 0 Å². The van der Waals surface area contributed by atoms with Crippen LogP contribution in [0.15, 0.2) is 46.9 Å². The largest absolute Gasteiger partial charge is 0.497 e. The van der Waals surface area contributed by atoms with E-state index in [0.717, 1.165) is 21.5 Å². The molecule has 0 spiro atoms. The molecule has 2 aromatic carbocycles. The fourth-order valence-electron chi connectivity index (χ4n) is 1.91. The van der Waals surface area contributed by atoms with Crippen molar-refractivity contribution in [2.45, 2.75) is 26.4 Å².